The standard InChI is InChI=1S/C14H15NO3/c1-7(2)10-11-8(3)5-4-6-9(11)15-13(16)12(10)14(17)18/h4-7H,1-3H3,(H,15,16)(H,17,18). The van der Waals surface area contributed by atoms with Gasteiger partial charge in [0.05, 0.1) is 0 Å². The van der Waals surface area contributed by atoms with E-state index >= 15 is 0 Å². The molecular weight excluding hydrogens is 230 g/mol. The number of carboxylic acids is 1. The zero-order chi connectivity index (χ0) is 13.4. The highest BCUT2D eigenvalue weighted by molar-refractivity contribution is 5.97. The summed E-state index contributed by atoms with van der Waals surface area (Å²) in [6.45, 7) is 5.71. The maximum Gasteiger partial charge on any atom is 0.341 e. The number of aromatic carboxylic acids is 1. The molecule has 1 aromatic carbocycles. The van der Waals surface area contributed by atoms with Gasteiger partial charge in [-0.25, -0.2) is 4.79 Å². The van der Waals surface area contributed by atoms with Gasteiger partial charge in [-0.3, -0.25) is 4.79 Å². The number of nitrogens with one attached hydrogen (secondary N) is 1. The lowest BCUT2D eigenvalue weighted by atomic mass is 9.91. The fraction of sp³-hybridized carbons (Fsp3) is 0.286. The van der Waals surface area contributed by atoms with E-state index in [0.717, 1.165) is 10.9 Å². The summed E-state index contributed by atoms with van der Waals surface area (Å²) in [6, 6.07) is 5.55. The first-order valence-corrected chi connectivity index (χ1v) is 5.82. The van der Waals surface area contributed by atoms with Crippen molar-refractivity contribution in [2.75, 3.05) is 0 Å². The van der Waals surface area contributed by atoms with Gasteiger partial charge in [-0.15, -0.1) is 0 Å². The van der Waals surface area contributed by atoms with Crippen LogP contribution in [0.3, 0.4) is 0 Å². The first-order chi connectivity index (χ1) is 8.43. The van der Waals surface area contributed by atoms with Crippen LogP contribution in [0.15, 0.2) is 23.0 Å². The SMILES string of the molecule is Cc1cccc2[nH]c(=O)c(C(=O)O)c(C(C)C)c12. The monoisotopic (exact) mass is 245 g/mol. The van der Waals surface area contributed by atoms with E-state index in [1.807, 2.05) is 32.9 Å². The number of aromatic amines is 1. The van der Waals surface area contributed by atoms with E-state index in [-0.39, 0.29) is 11.5 Å². The van der Waals surface area contributed by atoms with Gasteiger partial charge in [-0.05, 0) is 30.0 Å². The number of hydrogen-bond acceptors (Lipinski definition) is 2. The number of aryl methyl sites for hydroxylation is 1. The number of aromatic nitrogens is 1. The fourth-order valence-corrected chi connectivity index (χ4v) is 2.35. The van der Waals surface area contributed by atoms with E-state index in [2.05, 4.69) is 4.98 Å². The van der Waals surface area contributed by atoms with Crippen molar-refractivity contribution in [1.82, 2.24) is 4.98 Å². The van der Waals surface area contributed by atoms with E-state index < -0.39 is 11.5 Å². The quantitative estimate of drug-likeness (QED) is 0.854. The van der Waals surface area contributed by atoms with Gasteiger partial charge in [0.25, 0.3) is 5.56 Å². The predicted octanol–water partition coefficient (Wildman–Crippen LogP) is 2.66. The number of rotatable bonds is 2. The molecule has 0 spiro atoms. The Morgan fingerprint density at radius 2 is 2.00 bits per heavy atom. The number of carboxylic acid groups (broad SMARTS) is 1. The van der Waals surface area contributed by atoms with Gasteiger partial charge in [0.2, 0.25) is 0 Å². The van der Waals surface area contributed by atoms with Gasteiger partial charge in [-0.2, -0.15) is 0 Å². The Morgan fingerprint density at radius 1 is 1.33 bits per heavy atom. The third-order valence-electron chi connectivity index (χ3n) is 3.08. The third kappa shape index (κ3) is 1.79. The highest BCUT2D eigenvalue weighted by Crippen LogP contribution is 2.28. The molecule has 94 valence electrons. The molecule has 2 aromatic rings. The van der Waals surface area contributed by atoms with Crippen LogP contribution in [0.1, 0.15) is 41.3 Å². The molecule has 18 heavy (non-hydrogen) atoms. The minimum Gasteiger partial charge on any atom is -0.477 e. The molecule has 0 radical (unpaired) electrons. The van der Waals surface area contributed by atoms with Crippen molar-refractivity contribution in [2.24, 2.45) is 0 Å². The van der Waals surface area contributed by atoms with Crippen LogP contribution in [0.25, 0.3) is 10.9 Å². The molecule has 0 aliphatic rings. The van der Waals surface area contributed by atoms with Crippen molar-refractivity contribution in [3.8, 4) is 0 Å². The second kappa shape index (κ2) is 4.29. The zero-order valence-electron chi connectivity index (χ0n) is 10.6. The van der Waals surface area contributed by atoms with Crippen LogP contribution in [-0.2, 0) is 0 Å². The maximum atomic E-state index is 11.9. The average molecular weight is 245 g/mol. The molecule has 2 N–H and O–H groups in total. The molecule has 0 aliphatic carbocycles. The van der Waals surface area contributed by atoms with Crippen molar-refractivity contribution in [3.05, 3.63) is 45.2 Å². The minimum atomic E-state index is -1.18. The molecule has 0 saturated heterocycles. The average Bonchev–Trinajstić information content (AvgIpc) is 2.26. The molecule has 0 unspecified atom stereocenters. The van der Waals surface area contributed by atoms with E-state index in [1.165, 1.54) is 0 Å². The van der Waals surface area contributed by atoms with Crippen LogP contribution in [-0.4, -0.2) is 16.1 Å². The molecule has 2 rings (SSSR count). The summed E-state index contributed by atoms with van der Waals surface area (Å²) in [5.41, 5.74) is 1.58. The molecule has 1 heterocycles. The normalized spacial score (nSPS) is 11.1. The fourth-order valence-electron chi connectivity index (χ4n) is 2.35. The number of carbonyl (C=O) groups is 1. The topological polar surface area (TPSA) is 70.2 Å². The van der Waals surface area contributed by atoms with E-state index in [0.29, 0.717) is 11.1 Å². The van der Waals surface area contributed by atoms with Crippen LogP contribution in [0, 0.1) is 6.92 Å². The lowest BCUT2D eigenvalue weighted by Gasteiger charge is -2.14. The van der Waals surface area contributed by atoms with E-state index in [4.69, 9.17) is 0 Å². The Hall–Kier alpha value is -2.10. The van der Waals surface area contributed by atoms with Gasteiger partial charge in [0, 0.05) is 10.9 Å². The summed E-state index contributed by atoms with van der Waals surface area (Å²) < 4.78 is 0. The summed E-state index contributed by atoms with van der Waals surface area (Å²) >= 11 is 0. The molecule has 4 heteroatoms. The van der Waals surface area contributed by atoms with Gasteiger partial charge in [0.15, 0.2) is 0 Å². The van der Waals surface area contributed by atoms with Crippen molar-refractivity contribution >= 4 is 16.9 Å². The summed E-state index contributed by atoms with van der Waals surface area (Å²) in [4.78, 5) is 25.8. The summed E-state index contributed by atoms with van der Waals surface area (Å²) in [7, 11) is 0. The van der Waals surface area contributed by atoms with E-state index in [1.54, 1.807) is 6.07 Å². The van der Waals surface area contributed by atoms with Gasteiger partial charge in [-0.1, -0.05) is 26.0 Å². The second-order valence-electron chi connectivity index (χ2n) is 4.70. The maximum absolute atomic E-state index is 11.9. The van der Waals surface area contributed by atoms with Crippen molar-refractivity contribution < 1.29 is 9.90 Å². The number of H-pyrrole nitrogens is 1. The van der Waals surface area contributed by atoms with Crippen LogP contribution in [0.5, 0.6) is 0 Å². The molecule has 0 amide bonds. The zero-order valence-corrected chi connectivity index (χ0v) is 10.6. The Labute approximate surface area is 104 Å². The Bertz CT molecular complexity index is 683. The molecule has 0 atom stereocenters. The second-order valence-corrected chi connectivity index (χ2v) is 4.70. The van der Waals surface area contributed by atoms with Crippen molar-refractivity contribution in [2.45, 2.75) is 26.7 Å². The molecule has 4 nitrogen and oxygen atoms in total. The minimum absolute atomic E-state index is 0.0259. The number of hydrogen-bond donors (Lipinski definition) is 2. The van der Waals surface area contributed by atoms with Crippen LogP contribution >= 0.6 is 0 Å². The summed E-state index contributed by atoms with van der Waals surface area (Å²) in [5.74, 6) is -1.20. The first-order valence-electron chi connectivity index (χ1n) is 5.82. The molecule has 0 fully saturated rings. The van der Waals surface area contributed by atoms with Crippen LogP contribution in [0.4, 0.5) is 0 Å². The van der Waals surface area contributed by atoms with Gasteiger partial charge < -0.3 is 10.1 Å². The number of fused-ring (bicyclic) bond motifs is 1. The molecule has 1 aromatic heterocycles. The largest absolute Gasteiger partial charge is 0.477 e. The smallest absolute Gasteiger partial charge is 0.341 e. The first kappa shape index (κ1) is 12.4. The Balaban J connectivity index is 3.07. The number of pyridine rings is 1. The lowest BCUT2D eigenvalue weighted by Crippen LogP contribution is -2.21. The molecular formula is C14H15NO3. The van der Waals surface area contributed by atoms with Crippen LogP contribution in [0.2, 0.25) is 0 Å². The molecule has 0 aliphatic heterocycles. The van der Waals surface area contributed by atoms with Crippen molar-refractivity contribution in [1.29, 1.82) is 0 Å². The van der Waals surface area contributed by atoms with Gasteiger partial charge >= 0.3 is 5.97 Å². The summed E-state index contributed by atoms with van der Waals surface area (Å²) in [5, 5.41) is 10.1. The predicted molar refractivity (Wildman–Crippen MR) is 70.4 cm³/mol. The van der Waals surface area contributed by atoms with Gasteiger partial charge in [0.1, 0.15) is 5.56 Å². The lowest BCUT2D eigenvalue weighted by molar-refractivity contribution is 0.0693. The number of benzene rings is 1. The van der Waals surface area contributed by atoms with Crippen LogP contribution < -0.4 is 5.56 Å². The van der Waals surface area contributed by atoms with E-state index in [9.17, 15) is 14.7 Å². The Morgan fingerprint density at radius 3 is 2.56 bits per heavy atom. The van der Waals surface area contributed by atoms with Crippen molar-refractivity contribution in [3.63, 3.8) is 0 Å². The molecule has 0 bridgehead atoms. The Kier molecular flexibility index (Phi) is 2.95. The highest BCUT2D eigenvalue weighted by Gasteiger charge is 2.21. The molecule has 0 saturated carbocycles. The summed E-state index contributed by atoms with van der Waals surface area (Å²) in [6.07, 6.45) is 0. The highest BCUT2D eigenvalue weighted by atomic mass is 16.4. The third-order valence-corrected chi connectivity index (χ3v) is 3.08.